The maximum absolute atomic E-state index is 12.9. The number of ketones is 2. The molecular formula is C30H35N3O9S. The zero-order valence-corrected chi connectivity index (χ0v) is 24.8. The Kier molecular flexibility index (Phi) is 12.1. The van der Waals surface area contributed by atoms with Crippen molar-refractivity contribution in [3.05, 3.63) is 59.2 Å². The standard InChI is InChI=1S/C30H35N3O9S/c1-39-25(35)15-41-23-12-11-21(13-24(23)42-16-26(36)40-2)22(34)14-33-30(38)20-9-3-17(4-10-20)27(31)28(37)18-5-7-19(8-6-18)29(32)43/h5-8,11-13,17,20,27H,3-4,9-10,14-16,31H2,1-2H3,(H2,32,43)(H,33,38). The van der Waals surface area contributed by atoms with Crippen LogP contribution in [0.25, 0.3) is 0 Å². The molecule has 1 aliphatic rings. The van der Waals surface area contributed by atoms with Gasteiger partial charge in [-0.1, -0.05) is 36.5 Å². The number of nitrogens with two attached hydrogens (primary N) is 2. The van der Waals surface area contributed by atoms with Gasteiger partial charge in [0.05, 0.1) is 26.8 Å². The van der Waals surface area contributed by atoms with Crippen molar-refractivity contribution < 1.29 is 42.9 Å². The highest BCUT2D eigenvalue weighted by molar-refractivity contribution is 7.80. The maximum Gasteiger partial charge on any atom is 0.343 e. The molecule has 2 aromatic rings. The van der Waals surface area contributed by atoms with Gasteiger partial charge in [-0.15, -0.1) is 0 Å². The van der Waals surface area contributed by atoms with Crippen molar-refractivity contribution in [3.63, 3.8) is 0 Å². The molecular weight excluding hydrogens is 578 g/mol. The zero-order chi connectivity index (χ0) is 31.5. The fourth-order valence-corrected chi connectivity index (χ4v) is 4.80. The lowest BCUT2D eigenvalue weighted by Gasteiger charge is -2.31. The second-order valence-corrected chi connectivity index (χ2v) is 10.4. The first kappa shape index (κ1) is 33.1. The maximum atomic E-state index is 12.9. The largest absolute Gasteiger partial charge is 0.478 e. The molecule has 1 fully saturated rings. The molecule has 1 amide bonds. The van der Waals surface area contributed by atoms with Crippen molar-refractivity contribution in [2.45, 2.75) is 31.7 Å². The van der Waals surface area contributed by atoms with E-state index in [-0.39, 0.29) is 52.1 Å². The van der Waals surface area contributed by atoms with Gasteiger partial charge in [-0.05, 0) is 49.8 Å². The van der Waals surface area contributed by atoms with Gasteiger partial charge in [0.15, 0.2) is 36.3 Å². The number of hydrogen-bond acceptors (Lipinski definition) is 11. The van der Waals surface area contributed by atoms with Gasteiger partial charge in [0.25, 0.3) is 0 Å². The molecule has 2 aromatic carbocycles. The lowest BCUT2D eigenvalue weighted by atomic mass is 9.76. The van der Waals surface area contributed by atoms with E-state index >= 15 is 0 Å². The van der Waals surface area contributed by atoms with Crippen LogP contribution in [0.15, 0.2) is 42.5 Å². The molecule has 0 radical (unpaired) electrons. The average Bonchev–Trinajstić information content (AvgIpc) is 3.04. The summed E-state index contributed by atoms with van der Waals surface area (Å²) < 4.78 is 19.9. The van der Waals surface area contributed by atoms with Gasteiger partial charge >= 0.3 is 11.9 Å². The van der Waals surface area contributed by atoms with Gasteiger partial charge in [-0.3, -0.25) is 14.4 Å². The molecule has 0 aliphatic heterocycles. The van der Waals surface area contributed by atoms with E-state index < -0.39 is 37.0 Å². The van der Waals surface area contributed by atoms with Gasteiger partial charge in [0.2, 0.25) is 5.91 Å². The van der Waals surface area contributed by atoms with Crippen molar-refractivity contribution in [2.24, 2.45) is 23.3 Å². The average molecular weight is 614 g/mol. The number of nitrogens with one attached hydrogen (secondary N) is 1. The van der Waals surface area contributed by atoms with E-state index in [0.717, 1.165) is 0 Å². The van der Waals surface area contributed by atoms with Crippen LogP contribution in [0.1, 0.15) is 52.0 Å². The molecule has 0 spiro atoms. The SMILES string of the molecule is COC(=O)COc1ccc(C(=O)CNC(=O)C2CCC(C(N)C(=O)c3ccc(C(N)=S)cc3)CC2)cc1OCC(=O)OC. The van der Waals surface area contributed by atoms with Crippen LogP contribution in [0.5, 0.6) is 11.5 Å². The molecule has 1 atom stereocenters. The lowest BCUT2D eigenvalue weighted by molar-refractivity contribution is -0.144. The third kappa shape index (κ3) is 9.32. The summed E-state index contributed by atoms with van der Waals surface area (Å²) in [6, 6.07) is 10.2. The van der Waals surface area contributed by atoms with Gasteiger partial charge in [-0.25, -0.2) is 9.59 Å². The summed E-state index contributed by atoms with van der Waals surface area (Å²) in [7, 11) is 2.41. The molecule has 1 saturated carbocycles. The second-order valence-electron chi connectivity index (χ2n) is 9.98. The number of esters is 2. The highest BCUT2D eigenvalue weighted by Gasteiger charge is 2.32. The quantitative estimate of drug-likeness (QED) is 0.159. The summed E-state index contributed by atoms with van der Waals surface area (Å²) in [5.41, 5.74) is 13.3. The van der Waals surface area contributed by atoms with Crippen LogP contribution in [0.4, 0.5) is 0 Å². The topological polar surface area (TPSA) is 186 Å². The molecule has 3 rings (SSSR count). The van der Waals surface area contributed by atoms with Crippen LogP contribution < -0.4 is 26.3 Å². The third-order valence-corrected chi connectivity index (χ3v) is 7.48. The Balaban J connectivity index is 1.53. The van der Waals surface area contributed by atoms with E-state index in [1.807, 2.05) is 0 Å². The van der Waals surface area contributed by atoms with E-state index in [0.29, 0.717) is 36.8 Å². The molecule has 5 N–H and O–H groups in total. The van der Waals surface area contributed by atoms with Gasteiger partial charge in [-0.2, -0.15) is 0 Å². The predicted octanol–water partition coefficient (Wildman–Crippen LogP) is 1.74. The van der Waals surface area contributed by atoms with Crippen molar-refractivity contribution in [3.8, 4) is 11.5 Å². The number of thiocarbonyl (C=S) groups is 1. The van der Waals surface area contributed by atoms with Crippen molar-refractivity contribution in [2.75, 3.05) is 34.0 Å². The first-order valence-corrected chi connectivity index (χ1v) is 14.0. The third-order valence-electron chi connectivity index (χ3n) is 7.24. The van der Waals surface area contributed by atoms with Crippen LogP contribution in [0.2, 0.25) is 0 Å². The molecule has 0 heterocycles. The Hall–Kier alpha value is -4.36. The molecule has 0 bridgehead atoms. The minimum absolute atomic E-state index is 0.0365. The number of carbonyl (C=O) groups is 5. The Labute approximate surface area is 254 Å². The highest BCUT2D eigenvalue weighted by Crippen LogP contribution is 2.32. The van der Waals surface area contributed by atoms with Crippen LogP contribution in [0, 0.1) is 11.8 Å². The van der Waals surface area contributed by atoms with Gasteiger partial charge < -0.3 is 35.7 Å². The summed E-state index contributed by atoms with van der Waals surface area (Å²) in [5.74, 6) is -2.37. The number of carbonyl (C=O) groups excluding carboxylic acids is 5. The summed E-state index contributed by atoms with van der Waals surface area (Å²) in [6.45, 7) is -1.13. The molecule has 1 aliphatic carbocycles. The van der Waals surface area contributed by atoms with Gasteiger partial charge in [0.1, 0.15) is 4.99 Å². The molecule has 230 valence electrons. The van der Waals surface area contributed by atoms with E-state index in [1.54, 1.807) is 24.3 Å². The number of Topliss-reactive ketones (excluding diaryl/α,β-unsaturated/α-hetero) is 2. The smallest absolute Gasteiger partial charge is 0.343 e. The summed E-state index contributed by atoms with van der Waals surface area (Å²) >= 11 is 4.95. The number of ether oxygens (including phenoxy) is 4. The Morgan fingerprint density at radius 1 is 0.837 bits per heavy atom. The number of amides is 1. The minimum atomic E-state index is -0.698. The Morgan fingerprint density at radius 3 is 1.93 bits per heavy atom. The number of hydrogen-bond donors (Lipinski definition) is 3. The zero-order valence-electron chi connectivity index (χ0n) is 24.0. The molecule has 1 unspecified atom stereocenters. The summed E-state index contributed by atoms with van der Waals surface area (Å²) in [6.07, 6.45) is 2.25. The highest BCUT2D eigenvalue weighted by atomic mass is 32.1. The van der Waals surface area contributed by atoms with Crippen LogP contribution in [-0.4, -0.2) is 74.4 Å². The van der Waals surface area contributed by atoms with Crippen LogP contribution in [0.3, 0.4) is 0 Å². The van der Waals surface area contributed by atoms with E-state index in [4.69, 9.17) is 33.2 Å². The van der Waals surface area contributed by atoms with Crippen LogP contribution in [-0.2, 0) is 23.9 Å². The molecule has 0 saturated heterocycles. The fourth-order valence-electron chi connectivity index (χ4n) is 4.66. The lowest BCUT2D eigenvalue weighted by Crippen LogP contribution is -2.42. The monoisotopic (exact) mass is 613 g/mol. The minimum Gasteiger partial charge on any atom is -0.478 e. The summed E-state index contributed by atoms with van der Waals surface area (Å²) in [4.78, 5) is 61.8. The van der Waals surface area contributed by atoms with Crippen LogP contribution >= 0.6 is 12.2 Å². The van der Waals surface area contributed by atoms with E-state index in [1.165, 1.54) is 32.4 Å². The first-order chi connectivity index (χ1) is 20.5. The second kappa shape index (κ2) is 15.8. The molecule has 13 heteroatoms. The first-order valence-electron chi connectivity index (χ1n) is 13.6. The van der Waals surface area contributed by atoms with E-state index in [9.17, 15) is 24.0 Å². The molecule has 43 heavy (non-hydrogen) atoms. The fraction of sp³-hybridized carbons (Fsp3) is 0.400. The Bertz CT molecular complexity index is 1360. The molecule has 0 aromatic heterocycles. The number of methoxy groups -OCH3 is 2. The van der Waals surface area contributed by atoms with Crippen molar-refractivity contribution in [1.29, 1.82) is 0 Å². The Morgan fingerprint density at radius 2 is 1.37 bits per heavy atom. The molecule has 12 nitrogen and oxygen atoms in total. The number of benzene rings is 2. The van der Waals surface area contributed by atoms with Crippen molar-refractivity contribution in [1.82, 2.24) is 5.32 Å². The van der Waals surface area contributed by atoms with Gasteiger partial charge in [0, 0.05) is 22.6 Å². The number of rotatable bonds is 14. The van der Waals surface area contributed by atoms with E-state index in [2.05, 4.69) is 14.8 Å². The normalized spacial score (nSPS) is 16.7. The predicted molar refractivity (Wildman–Crippen MR) is 159 cm³/mol. The van der Waals surface area contributed by atoms with Crippen molar-refractivity contribution >= 4 is 46.6 Å². The summed E-state index contributed by atoms with van der Waals surface area (Å²) in [5, 5.41) is 2.68.